The molecule has 1 aromatic heterocycles. The second-order valence-corrected chi connectivity index (χ2v) is 5.66. The molecule has 0 spiro atoms. The number of benzene rings is 1. The maximum Gasteiger partial charge on any atom is 0.289 e. The van der Waals surface area contributed by atoms with Crippen LogP contribution >= 0.6 is 0 Å². The van der Waals surface area contributed by atoms with E-state index in [1.54, 1.807) is 29.2 Å². The maximum atomic E-state index is 12.8. The summed E-state index contributed by atoms with van der Waals surface area (Å²) in [7, 11) is 0. The third-order valence-electron chi connectivity index (χ3n) is 3.81. The highest BCUT2D eigenvalue weighted by Crippen LogP contribution is 2.17. The number of likely N-dealkylation sites (tertiary alicyclic amines) is 1. The zero-order valence-electron chi connectivity index (χ0n) is 12.7. The van der Waals surface area contributed by atoms with Gasteiger partial charge < -0.3 is 19.8 Å². The number of amides is 1. The van der Waals surface area contributed by atoms with Crippen LogP contribution < -0.4 is 10.5 Å². The number of hydrogen-bond acceptors (Lipinski definition) is 4. The van der Waals surface area contributed by atoms with E-state index in [1.807, 2.05) is 0 Å². The summed E-state index contributed by atoms with van der Waals surface area (Å²) in [5, 5.41) is 0. The summed E-state index contributed by atoms with van der Waals surface area (Å²) in [6, 6.07) is 9.12. The fourth-order valence-electron chi connectivity index (χ4n) is 2.61. The highest BCUT2D eigenvalue weighted by atomic mass is 19.1. The molecule has 1 aliphatic heterocycles. The summed E-state index contributed by atoms with van der Waals surface area (Å²) >= 11 is 0. The molecule has 6 heteroatoms. The van der Waals surface area contributed by atoms with E-state index in [9.17, 15) is 9.18 Å². The molecule has 1 aromatic carbocycles. The molecule has 0 aliphatic carbocycles. The Bertz CT molecular complexity index is 669. The van der Waals surface area contributed by atoms with Gasteiger partial charge >= 0.3 is 0 Å². The van der Waals surface area contributed by atoms with Crippen molar-refractivity contribution in [2.75, 3.05) is 13.1 Å². The molecular weight excluding hydrogens is 299 g/mol. The molecule has 2 aromatic rings. The van der Waals surface area contributed by atoms with Gasteiger partial charge in [0, 0.05) is 19.1 Å². The van der Waals surface area contributed by atoms with Crippen molar-refractivity contribution in [1.82, 2.24) is 4.90 Å². The van der Waals surface area contributed by atoms with Crippen molar-refractivity contribution in [3.8, 4) is 5.75 Å². The van der Waals surface area contributed by atoms with E-state index in [0.29, 0.717) is 24.6 Å². The van der Waals surface area contributed by atoms with Crippen LogP contribution in [-0.2, 0) is 6.61 Å². The number of carbonyl (C=O) groups excluding carboxylic acids is 1. The average Bonchev–Trinajstić information content (AvgIpc) is 3.02. The smallest absolute Gasteiger partial charge is 0.289 e. The summed E-state index contributed by atoms with van der Waals surface area (Å²) in [6.45, 7) is 1.44. The van der Waals surface area contributed by atoms with E-state index >= 15 is 0 Å². The Morgan fingerprint density at radius 3 is 2.83 bits per heavy atom. The number of furan rings is 1. The number of ether oxygens (including phenoxy) is 1. The molecular formula is C17H19FN2O3. The molecule has 1 saturated heterocycles. The highest BCUT2D eigenvalue weighted by molar-refractivity contribution is 5.91. The number of piperidine rings is 1. The highest BCUT2D eigenvalue weighted by Gasteiger charge is 2.24. The van der Waals surface area contributed by atoms with Gasteiger partial charge in [0.05, 0.1) is 0 Å². The summed E-state index contributed by atoms with van der Waals surface area (Å²) in [5.74, 6) is 0.907. The predicted molar refractivity (Wildman–Crippen MR) is 82.6 cm³/mol. The van der Waals surface area contributed by atoms with E-state index in [-0.39, 0.29) is 30.1 Å². The van der Waals surface area contributed by atoms with Gasteiger partial charge in [-0.3, -0.25) is 4.79 Å². The van der Waals surface area contributed by atoms with Gasteiger partial charge in [-0.2, -0.15) is 0 Å². The van der Waals surface area contributed by atoms with Crippen molar-refractivity contribution in [2.45, 2.75) is 25.5 Å². The zero-order chi connectivity index (χ0) is 16.2. The third kappa shape index (κ3) is 3.90. The number of carbonyl (C=O) groups is 1. The van der Waals surface area contributed by atoms with Crippen molar-refractivity contribution in [3.63, 3.8) is 0 Å². The van der Waals surface area contributed by atoms with Crippen LogP contribution in [0, 0.1) is 5.82 Å². The van der Waals surface area contributed by atoms with E-state index in [1.165, 1.54) is 12.1 Å². The fraction of sp³-hybridized carbons (Fsp3) is 0.353. The van der Waals surface area contributed by atoms with Crippen molar-refractivity contribution in [2.24, 2.45) is 5.73 Å². The Morgan fingerprint density at radius 1 is 1.30 bits per heavy atom. The molecule has 3 rings (SSSR count). The third-order valence-corrected chi connectivity index (χ3v) is 3.81. The number of nitrogens with zero attached hydrogens (tertiary/aromatic N) is 1. The minimum Gasteiger partial charge on any atom is -0.486 e. The lowest BCUT2D eigenvalue weighted by Gasteiger charge is -2.30. The topological polar surface area (TPSA) is 68.7 Å². The molecule has 122 valence electrons. The van der Waals surface area contributed by atoms with E-state index in [4.69, 9.17) is 14.9 Å². The molecule has 0 radical (unpaired) electrons. The first-order valence-corrected chi connectivity index (χ1v) is 7.64. The minimum atomic E-state index is -0.317. The van der Waals surface area contributed by atoms with Crippen molar-refractivity contribution in [3.05, 3.63) is 53.7 Å². The van der Waals surface area contributed by atoms with E-state index in [2.05, 4.69) is 0 Å². The number of halogens is 1. The summed E-state index contributed by atoms with van der Waals surface area (Å²) < 4.78 is 23.9. The van der Waals surface area contributed by atoms with Gasteiger partial charge in [0.25, 0.3) is 5.91 Å². The van der Waals surface area contributed by atoms with Gasteiger partial charge in [-0.25, -0.2) is 4.39 Å². The largest absolute Gasteiger partial charge is 0.486 e. The predicted octanol–water partition coefficient (Wildman–Crippen LogP) is 2.56. The molecule has 1 atom stereocenters. The van der Waals surface area contributed by atoms with Crippen LogP contribution in [0.25, 0.3) is 0 Å². The van der Waals surface area contributed by atoms with Crippen LogP contribution in [0.1, 0.15) is 29.2 Å². The van der Waals surface area contributed by atoms with Crippen molar-refractivity contribution >= 4 is 5.91 Å². The first kappa shape index (κ1) is 15.6. The molecule has 2 heterocycles. The summed E-state index contributed by atoms with van der Waals surface area (Å²) in [6.07, 6.45) is 1.85. The molecule has 5 nitrogen and oxygen atoms in total. The lowest BCUT2D eigenvalue weighted by molar-refractivity contribution is 0.0672. The molecule has 1 fully saturated rings. The molecule has 1 aliphatic rings. The Kier molecular flexibility index (Phi) is 4.62. The number of rotatable bonds is 4. The van der Waals surface area contributed by atoms with Crippen LogP contribution in [0.5, 0.6) is 5.75 Å². The van der Waals surface area contributed by atoms with Crippen LogP contribution in [0.3, 0.4) is 0 Å². The lowest BCUT2D eigenvalue weighted by atomic mass is 10.1. The summed E-state index contributed by atoms with van der Waals surface area (Å²) in [4.78, 5) is 14.1. The van der Waals surface area contributed by atoms with Gasteiger partial charge in [-0.15, -0.1) is 0 Å². The molecule has 1 unspecified atom stereocenters. The van der Waals surface area contributed by atoms with Gasteiger partial charge in [-0.05, 0) is 49.2 Å². The average molecular weight is 318 g/mol. The number of hydrogen-bond donors (Lipinski definition) is 1. The molecule has 0 saturated carbocycles. The van der Waals surface area contributed by atoms with Crippen molar-refractivity contribution in [1.29, 1.82) is 0 Å². The first-order valence-electron chi connectivity index (χ1n) is 7.64. The molecule has 1 amide bonds. The lowest BCUT2D eigenvalue weighted by Crippen LogP contribution is -2.45. The van der Waals surface area contributed by atoms with Crippen LogP contribution in [-0.4, -0.2) is 29.9 Å². The van der Waals surface area contributed by atoms with E-state index < -0.39 is 0 Å². The Hall–Kier alpha value is -2.34. The molecule has 23 heavy (non-hydrogen) atoms. The SMILES string of the molecule is NC1CCCN(C(=O)c2ccc(COc3ccc(F)cc3)o2)C1. The molecule has 2 N–H and O–H groups in total. The van der Waals surface area contributed by atoms with Gasteiger partial charge in [0.1, 0.15) is 23.9 Å². The quantitative estimate of drug-likeness (QED) is 0.940. The van der Waals surface area contributed by atoms with E-state index in [0.717, 1.165) is 12.8 Å². The fourth-order valence-corrected chi connectivity index (χ4v) is 2.61. The van der Waals surface area contributed by atoms with Gasteiger partial charge in [0.2, 0.25) is 0 Å². The second-order valence-electron chi connectivity index (χ2n) is 5.66. The minimum absolute atomic E-state index is 0.0314. The zero-order valence-corrected chi connectivity index (χ0v) is 12.7. The Labute approximate surface area is 133 Å². The van der Waals surface area contributed by atoms with Crippen molar-refractivity contribution < 1.29 is 18.3 Å². The molecule has 0 bridgehead atoms. The first-order chi connectivity index (χ1) is 11.1. The van der Waals surface area contributed by atoms with Crippen LogP contribution in [0.2, 0.25) is 0 Å². The van der Waals surface area contributed by atoms with Gasteiger partial charge in [0.15, 0.2) is 5.76 Å². The standard InChI is InChI=1S/C17H19FN2O3/c18-12-3-5-14(6-4-12)22-11-15-7-8-16(23-15)17(21)20-9-1-2-13(19)10-20/h3-8,13H,1-2,9-11,19H2. The van der Waals surface area contributed by atoms with Gasteiger partial charge in [-0.1, -0.05) is 0 Å². The Morgan fingerprint density at radius 2 is 2.09 bits per heavy atom. The number of nitrogens with two attached hydrogens (primary N) is 1. The maximum absolute atomic E-state index is 12.8. The second kappa shape index (κ2) is 6.83. The summed E-state index contributed by atoms with van der Waals surface area (Å²) in [5.41, 5.74) is 5.90. The monoisotopic (exact) mass is 318 g/mol. The normalized spacial score (nSPS) is 18.0. The van der Waals surface area contributed by atoms with Crippen LogP contribution in [0.4, 0.5) is 4.39 Å². The Balaban J connectivity index is 1.59. The van der Waals surface area contributed by atoms with Crippen LogP contribution in [0.15, 0.2) is 40.8 Å².